The molecule has 0 unspecified atom stereocenters. The molecule has 0 radical (unpaired) electrons. The van der Waals surface area contributed by atoms with Crippen LogP contribution in [0.25, 0.3) is 0 Å². The summed E-state index contributed by atoms with van der Waals surface area (Å²) in [6.07, 6.45) is 2.83. The number of carboxylic acids is 1. The zero-order valence-electron chi connectivity index (χ0n) is 11.8. The van der Waals surface area contributed by atoms with E-state index in [9.17, 15) is 9.59 Å². The number of hydrogen-bond donors (Lipinski definition) is 1. The maximum absolute atomic E-state index is 12.4. The van der Waals surface area contributed by atoms with Gasteiger partial charge in [0.1, 0.15) is 0 Å². The fourth-order valence-corrected chi connectivity index (χ4v) is 2.69. The molecule has 1 aliphatic heterocycles. The number of aryl methyl sites for hydroxylation is 1. The molecule has 1 fully saturated rings. The molecular weight excluding hydrogens is 254 g/mol. The number of carbonyl (C=O) groups is 2. The lowest BCUT2D eigenvalue weighted by Crippen LogP contribution is -2.40. The molecule has 1 aromatic carbocycles. The summed E-state index contributed by atoms with van der Waals surface area (Å²) in [5, 5.41) is 8.74. The monoisotopic (exact) mass is 275 g/mol. The van der Waals surface area contributed by atoms with Crippen LogP contribution >= 0.6 is 0 Å². The third-order valence-corrected chi connectivity index (χ3v) is 3.87. The van der Waals surface area contributed by atoms with Gasteiger partial charge in [-0.05, 0) is 44.2 Å². The summed E-state index contributed by atoms with van der Waals surface area (Å²) in [5.41, 5.74) is 1.86. The summed E-state index contributed by atoms with van der Waals surface area (Å²) < 4.78 is 0. The van der Waals surface area contributed by atoms with E-state index in [-0.39, 0.29) is 12.3 Å². The Morgan fingerprint density at radius 1 is 1.30 bits per heavy atom. The minimum Gasteiger partial charge on any atom is -0.481 e. The number of carboxylic acid groups (broad SMARTS) is 1. The SMILES string of the molecule is Cc1ccc(C(=O)N2CCC[C@@H](CCC(=O)O)C2)cc1. The predicted octanol–water partition coefficient (Wildman–Crippen LogP) is 2.71. The van der Waals surface area contributed by atoms with E-state index in [4.69, 9.17) is 5.11 Å². The van der Waals surface area contributed by atoms with Gasteiger partial charge in [0, 0.05) is 25.1 Å². The van der Waals surface area contributed by atoms with Crippen LogP contribution in [-0.2, 0) is 4.79 Å². The average molecular weight is 275 g/mol. The van der Waals surface area contributed by atoms with Crippen LogP contribution in [0.5, 0.6) is 0 Å². The van der Waals surface area contributed by atoms with Crippen LogP contribution in [0, 0.1) is 12.8 Å². The molecule has 0 saturated carbocycles. The van der Waals surface area contributed by atoms with Gasteiger partial charge in [-0.3, -0.25) is 9.59 Å². The Labute approximate surface area is 119 Å². The molecule has 2 rings (SSSR count). The number of benzene rings is 1. The fourth-order valence-electron chi connectivity index (χ4n) is 2.69. The van der Waals surface area contributed by atoms with Gasteiger partial charge in [-0.1, -0.05) is 17.7 Å². The van der Waals surface area contributed by atoms with Crippen molar-refractivity contribution in [1.29, 1.82) is 0 Å². The smallest absolute Gasteiger partial charge is 0.303 e. The van der Waals surface area contributed by atoms with E-state index in [1.54, 1.807) is 0 Å². The molecule has 4 heteroatoms. The van der Waals surface area contributed by atoms with Crippen LogP contribution in [-0.4, -0.2) is 35.0 Å². The standard InChI is InChI=1S/C16H21NO3/c1-12-4-7-14(8-5-12)16(20)17-10-2-3-13(11-17)6-9-15(18)19/h4-5,7-8,13H,2-3,6,9-11H2,1H3,(H,18,19)/t13-/m0/s1. The first-order valence-corrected chi connectivity index (χ1v) is 7.14. The Morgan fingerprint density at radius 3 is 2.65 bits per heavy atom. The van der Waals surface area contributed by atoms with Crippen molar-refractivity contribution in [1.82, 2.24) is 4.90 Å². The summed E-state index contributed by atoms with van der Waals surface area (Å²) >= 11 is 0. The van der Waals surface area contributed by atoms with Gasteiger partial charge in [0.25, 0.3) is 5.91 Å². The Bertz CT molecular complexity index is 481. The van der Waals surface area contributed by atoms with E-state index in [1.165, 1.54) is 0 Å². The van der Waals surface area contributed by atoms with E-state index < -0.39 is 5.97 Å². The lowest BCUT2D eigenvalue weighted by molar-refractivity contribution is -0.137. The lowest BCUT2D eigenvalue weighted by Gasteiger charge is -2.32. The van der Waals surface area contributed by atoms with E-state index in [0.29, 0.717) is 18.9 Å². The molecule has 1 aliphatic rings. The molecule has 1 aromatic rings. The van der Waals surface area contributed by atoms with E-state index in [1.807, 2.05) is 36.1 Å². The largest absolute Gasteiger partial charge is 0.481 e. The number of carbonyl (C=O) groups excluding carboxylic acids is 1. The van der Waals surface area contributed by atoms with Crippen LogP contribution in [0.1, 0.15) is 41.6 Å². The molecule has 4 nitrogen and oxygen atoms in total. The third-order valence-electron chi connectivity index (χ3n) is 3.87. The van der Waals surface area contributed by atoms with Crippen molar-refractivity contribution in [2.75, 3.05) is 13.1 Å². The number of piperidine rings is 1. The van der Waals surface area contributed by atoms with Crippen molar-refractivity contribution >= 4 is 11.9 Å². The highest BCUT2D eigenvalue weighted by atomic mass is 16.4. The second-order valence-corrected chi connectivity index (χ2v) is 5.56. The second kappa shape index (κ2) is 6.55. The molecule has 0 bridgehead atoms. The molecule has 0 aromatic heterocycles. The fraction of sp³-hybridized carbons (Fsp3) is 0.500. The molecule has 1 atom stereocenters. The zero-order chi connectivity index (χ0) is 14.5. The van der Waals surface area contributed by atoms with Crippen molar-refractivity contribution in [3.63, 3.8) is 0 Å². The Kier molecular flexibility index (Phi) is 4.77. The van der Waals surface area contributed by atoms with Gasteiger partial charge in [-0.25, -0.2) is 0 Å². The van der Waals surface area contributed by atoms with Crippen molar-refractivity contribution in [2.45, 2.75) is 32.6 Å². The highest BCUT2D eigenvalue weighted by Gasteiger charge is 2.24. The van der Waals surface area contributed by atoms with Gasteiger partial charge in [-0.2, -0.15) is 0 Å². The number of nitrogens with zero attached hydrogens (tertiary/aromatic N) is 1. The maximum atomic E-state index is 12.4. The number of rotatable bonds is 4. The first-order chi connectivity index (χ1) is 9.56. The molecule has 20 heavy (non-hydrogen) atoms. The molecule has 0 spiro atoms. The van der Waals surface area contributed by atoms with Gasteiger partial charge >= 0.3 is 5.97 Å². The number of likely N-dealkylation sites (tertiary alicyclic amines) is 1. The molecule has 1 heterocycles. The summed E-state index contributed by atoms with van der Waals surface area (Å²) in [6.45, 7) is 3.45. The lowest BCUT2D eigenvalue weighted by atomic mass is 9.93. The highest BCUT2D eigenvalue weighted by molar-refractivity contribution is 5.94. The Hall–Kier alpha value is -1.84. The van der Waals surface area contributed by atoms with Crippen molar-refractivity contribution in [3.8, 4) is 0 Å². The highest BCUT2D eigenvalue weighted by Crippen LogP contribution is 2.22. The van der Waals surface area contributed by atoms with Crippen LogP contribution < -0.4 is 0 Å². The number of hydrogen-bond acceptors (Lipinski definition) is 2. The predicted molar refractivity (Wildman–Crippen MR) is 76.7 cm³/mol. The average Bonchev–Trinajstić information content (AvgIpc) is 2.45. The van der Waals surface area contributed by atoms with Crippen LogP contribution in [0.15, 0.2) is 24.3 Å². The van der Waals surface area contributed by atoms with Gasteiger partial charge in [-0.15, -0.1) is 0 Å². The van der Waals surface area contributed by atoms with E-state index in [2.05, 4.69) is 0 Å². The molecule has 0 aliphatic carbocycles. The Balaban J connectivity index is 1.96. The summed E-state index contributed by atoms with van der Waals surface area (Å²) in [7, 11) is 0. The zero-order valence-corrected chi connectivity index (χ0v) is 11.8. The van der Waals surface area contributed by atoms with E-state index >= 15 is 0 Å². The van der Waals surface area contributed by atoms with Gasteiger partial charge in [0.15, 0.2) is 0 Å². The minimum absolute atomic E-state index is 0.0602. The number of aliphatic carboxylic acids is 1. The topological polar surface area (TPSA) is 57.6 Å². The molecule has 1 N–H and O–H groups in total. The van der Waals surface area contributed by atoms with Crippen molar-refractivity contribution in [2.24, 2.45) is 5.92 Å². The quantitative estimate of drug-likeness (QED) is 0.919. The first-order valence-electron chi connectivity index (χ1n) is 7.14. The summed E-state index contributed by atoms with van der Waals surface area (Å²) in [6, 6.07) is 7.61. The third kappa shape index (κ3) is 3.83. The maximum Gasteiger partial charge on any atom is 0.303 e. The van der Waals surface area contributed by atoms with Gasteiger partial charge < -0.3 is 10.0 Å². The first kappa shape index (κ1) is 14.6. The van der Waals surface area contributed by atoms with Gasteiger partial charge in [0.2, 0.25) is 0 Å². The molecular formula is C16H21NO3. The number of amides is 1. The van der Waals surface area contributed by atoms with Crippen molar-refractivity contribution in [3.05, 3.63) is 35.4 Å². The summed E-state index contributed by atoms with van der Waals surface area (Å²) in [5.74, 6) is -0.383. The van der Waals surface area contributed by atoms with Crippen molar-refractivity contribution < 1.29 is 14.7 Å². The Morgan fingerprint density at radius 2 is 2.00 bits per heavy atom. The van der Waals surface area contributed by atoms with Crippen LogP contribution in [0.4, 0.5) is 0 Å². The summed E-state index contributed by atoms with van der Waals surface area (Å²) in [4.78, 5) is 24.9. The minimum atomic E-state index is -0.757. The van der Waals surface area contributed by atoms with Gasteiger partial charge in [0.05, 0.1) is 0 Å². The van der Waals surface area contributed by atoms with E-state index in [0.717, 1.165) is 30.5 Å². The second-order valence-electron chi connectivity index (χ2n) is 5.56. The van der Waals surface area contributed by atoms with Crippen LogP contribution in [0.2, 0.25) is 0 Å². The van der Waals surface area contributed by atoms with Crippen LogP contribution in [0.3, 0.4) is 0 Å². The molecule has 1 saturated heterocycles. The molecule has 1 amide bonds. The normalized spacial score (nSPS) is 18.9. The molecule has 108 valence electrons.